The molecule has 3 heteroatoms. The van der Waals surface area contributed by atoms with E-state index in [9.17, 15) is 0 Å². The SMILES string of the molecule is CCN(CC)CC(C)NCc1cn(C)c2ccccc12. The first-order valence-corrected chi connectivity index (χ1v) is 7.64. The second kappa shape index (κ2) is 6.91. The lowest BCUT2D eigenvalue weighted by molar-refractivity contribution is 0.271. The monoisotopic (exact) mass is 273 g/mol. The molecule has 0 fully saturated rings. The van der Waals surface area contributed by atoms with Crippen LogP contribution < -0.4 is 5.32 Å². The van der Waals surface area contributed by atoms with Gasteiger partial charge in [0.15, 0.2) is 0 Å². The Morgan fingerprint density at radius 2 is 1.90 bits per heavy atom. The minimum atomic E-state index is 0.508. The fraction of sp³-hybridized carbons (Fsp3) is 0.529. The average Bonchev–Trinajstić information content (AvgIpc) is 2.80. The molecule has 1 N–H and O–H groups in total. The van der Waals surface area contributed by atoms with Crippen molar-refractivity contribution in [2.24, 2.45) is 7.05 Å². The first-order valence-electron chi connectivity index (χ1n) is 7.64. The van der Waals surface area contributed by atoms with Gasteiger partial charge in [0.1, 0.15) is 0 Å². The number of para-hydroxylation sites is 1. The van der Waals surface area contributed by atoms with Gasteiger partial charge < -0.3 is 14.8 Å². The molecule has 1 unspecified atom stereocenters. The van der Waals surface area contributed by atoms with Crippen molar-refractivity contribution in [1.29, 1.82) is 0 Å². The van der Waals surface area contributed by atoms with E-state index < -0.39 is 0 Å². The molecular weight excluding hydrogens is 246 g/mol. The summed E-state index contributed by atoms with van der Waals surface area (Å²) in [5, 5.41) is 5.01. The first-order chi connectivity index (χ1) is 9.65. The molecule has 0 radical (unpaired) electrons. The van der Waals surface area contributed by atoms with Gasteiger partial charge in [-0.05, 0) is 31.6 Å². The van der Waals surface area contributed by atoms with Crippen molar-refractivity contribution in [2.75, 3.05) is 19.6 Å². The molecule has 1 aromatic carbocycles. The number of fused-ring (bicyclic) bond motifs is 1. The van der Waals surface area contributed by atoms with Crippen LogP contribution in [0.4, 0.5) is 0 Å². The number of aromatic nitrogens is 1. The van der Waals surface area contributed by atoms with E-state index in [-0.39, 0.29) is 0 Å². The van der Waals surface area contributed by atoms with Crippen LogP contribution in [0.3, 0.4) is 0 Å². The van der Waals surface area contributed by atoms with E-state index in [0.29, 0.717) is 6.04 Å². The van der Waals surface area contributed by atoms with E-state index in [2.05, 4.69) is 73.1 Å². The minimum absolute atomic E-state index is 0.508. The van der Waals surface area contributed by atoms with Gasteiger partial charge in [0.05, 0.1) is 0 Å². The van der Waals surface area contributed by atoms with Crippen LogP contribution in [0.25, 0.3) is 10.9 Å². The van der Waals surface area contributed by atoms with Crippen molar-refractivity contribution < 1.29 is 0 Å². The highest BCUT2D eigenvalue weighted by Crippen LogP contribution is 2.20. The van der Waals surface area contributed by atoms with E-state index in [4.69, 9.17) is 0 Å². The Balaban J connectivity index is 1.99. The molecule has 0 spiro atoms. The van der Waals surface area contributed by atoms with Crippen LogP contribution >= 0.6 is 0 Å². The van der Waals surface area contributed by atoms with Gasteiger partial charge in [-0.1, -0.05) is 32.0 Å². The minimum Gasteiger partial charge on any atom is -0.350 e. The third-order valence-electron chi connectivity index (χ3n) is 4.05. The predicted octanol–water partition coefficient (Wildman–Crippen LogP) is 3.00. The Bertz CT molecular complexity index is 540. The summed E-state index contributed by atoms with van der Waals surface area (Å²) in [6.45, 7) is 11.0. The van der Waals surface area contributed by atoms with Gasteiger partial charge in [-0.3, -0.25) is 0 Å². The molecule has 2 rings (SSSR count). The Labute approximate surface area is 122 Å². The topological polar surface area (TPSA) is 20.2 Å². The van der Waals surface area contributed by atoms with E-state index in [0.717, 1.165) is 26.2 Å². The van der Waals surface area contributed by atoms with Crippen molar-refractivity contribution in [2.45, 2.75) is 33.4 Å². The number of aryl methyl sites for hydroxylation is 1. The molecular formula is C17H27N3. The summed E-state index contributed by atoms with van der Waals surface area (Å²) in [6.07, 6.45) is 2.24. The molecule has 0 saturated carbocycles. The quantitative estimate of drug-likeness (QED) is 0.837. The number of nitrogens with one attached hydrogen (secondary N) is 1. The lowest BCUT2D eigenvalue weighted by Crippen LogP contribution is -2.38. The Morgan fingerprint density at radius 3 is 2.60 bits per heavy atom. The molecule has 3 nitrogen and oxygen atoms in total. The van der Waals surface area contributed by atoms with Gasteiger partial charge in [0.25, 0.3) is 0 Å². The van der Waals surface area contributed by atoms with Crippen LogP contribution in [0.15, 0.2) is 30.5 Å². The maximum absolute atomic E-state index is 3.65. The van der Waals surface area contributed by atoms with Crippen molar-refractivity contribution in [3.63, 3.8) is 0 Å². The van der Waals surface area contributed by atoms with E-state index in [1.807, 2.05) is 0 Å². The van der Waals surface area contributed by atoms with E-state index >= 15 is 0 Å². The maximum Gasteiger partial charge on any atom is 0.0481 e. The summed E-state index contributed by atoms with van der Waals surface area (Å²) in [5.74, 6) is 0. The zero-order valence-corrected chi connectivity index (χ0v) is 13.2. The highest BCUT2D eigenvalue weighted by Gasteiger charge is 2.09. The molecule has 0 aliphatic rings. The number of hydrogen-bond donors (Lipinski definition) is 1. The molecule has 20 heavy (non-hydrogen) atoms. The summed E-state index contributed by atoms with van der Waals surface area (Å²) in [5.41, 5.74) is 2.69. The summed E-state index contributed by atoms with van der Waals surface area (Å²) in [6, 6.07) is 9.11. The van der Waals surface area contributed by atoms with Crippen LogP contribution in [0.2, 0.25) is 0 Å². The molecule has 1 atom stereocenters. The number of rotatable bonds is 7. The van der Waals surface area contributed by atoms with Crippen LogP contribution in [-0.2, 0) is 13.6 Å². The molecule has 0 saturated heterocycles. The highest BCUT2D eigenvalue weighted by molar-refractivity contribution is 5.83. The van der Waals surface area contributed by atoms with Gasteiger partial charge in [0, 0.05) is 43.3 Å². The third-order valence-corrected chi connectivity index (χ3v) is 4.05. The van der Waals surface area contributed by atoms with Gasteiger partial charge in [-0.25, -0.2) is 0 Å². The second-order valence-electron chi connectivity index (χ2n) is 5.55. The van der Waals surface area contributed by atoms with Crippen LogP contribution in [-0.4, -0.2) is 35.1 Å². The van der Waals surface area contributed by atoms with Crippen molar-refractivity contribution in [3.05, 3.63) is 36.0 Å². The summed E-state index contributed by atoms with van der Waals surface area (Å²) >= 11 is 0. The van der Waals surface area contributed by atoms with Gasteiger partial charge in [-0.2, -0.15) is 0 Å². The predicted molar refractivity (Wildman–Crippen MR) is 87.0 cm³/mol. The fourth-order valence-corrected chi connectivity index (χ4v) is 2.78. The van der Waals surface area contributed by atoms with Crippen molar-refractivity contribution in [3.8, 4) is 0 Å². The molecule has 0 aliphatic heterocycles. The Hall–Kier alpha value is -1.32. The summed E-state index contributed by atoms with van der Waals surface area (Å²) in [7, 11) is 2.12. The molecule has 2 aromatic rings. The average molecular weight is 273 g/mol. The zero-order chi connectivity index (χ0) is 14.5. The molecule has 0 aliphatic carbocycles. The standard InChI is InChI=1S/C17H27N3/c1-5-20(6-2)12-14(3)18-11-15-13-19(4)17-10-8-7-9-16(15)17/h7-10,13-14,18H,5-6,11-12H2,1-4H3. The van der Waals surface area contributed by atoms with Crippen LogP contribution in [0.5, 0.6) is 0 Å². The van der Waals surface area contributed by atoms with Gasteiger partial charge in [0.2, 0.25) is 0 Å². The number of likely N-dealkylation sites (N-methyl/N-ethyl adjacent to an activating group) is 1. The van der Waals surface area contributed by atoms with E-state index in [1.54, 1.807) is 0 Å². The highest BCUT2D eigenvalue weighted by atomic mass is 15.1. The normalized spacial score (nSPS) is 13.2. The molecule has 110 valence electrons. The van der Waals surface area contributed by atoms with E-state index in [1.165, 1.54) is 16.5 Å². The van der Waals surface area contributed by atoms with Crippen LogP contribution in [0, 0.1) is 0 Å². The smallest absolute Gasteiger partial charge is 0.0481 e. The Kier molecular flexibility index (Phi) is 5.21. The number of hydrogen-bond acceptors (Lipinski definition) is 2. The van der Waals surface area contributed by atoms with Crippen molar-refractivity contribution >= 4 is 10.9 Å². The third kappa shape index (κ3) is 3.41. The molecule has 0 amide bonds. The van der Waals surface area contributed by atoms with Gasteiger partial charge >= 0.3 is 0 Å². The summed E-state index contributed by atoms with van der Waals surface area (Å²) < 4.78 is 2.21. The number of nitrogens with zero attached hydrogens (tertiary/aromatic N) is 2. The molecule has 0 bridgehead atoms. The van der Waals surface area contributed by atoms with Crippen LogP contribution in [0.1, 0.15) is 26.3 Å². The van der Waals surface area contributed by atoms with Gasteiger partial charge in [-0.15, -0.1) is 0 Å². The molecule has 1 heterocycles. The second-order valence-corrected chi connectivity index (χ2v) is 5.55. The molecule has 1 aromatic heterocycles. The first kappa shape index (κ1) is 15.1. The zero-order valence-electron chi connectivity index (χ0n) is 13.2. The largest absolute Gasteiger partial charge is 0.350 e. The Morgan fingerprint density at radius 1 is 1.20 bits per heavy atom. The fourth-order valence-electron chi connectivity index (χ4n) is 2.78. The summed E-state index contributed by atoms with van der Waals surface area (Å²) in [4.78, 5) is 2.46. The maximum atomic E-state index is 3.65. The number of benzene rings is 1. The van der Waals surface area contributed by atoms with Crippen molar-refractivity contribution in [1.82, 2.24) is 14.8 Å². The lowest BCUT2D eigenvalue weighted by Gasteiger charge is -2.23. The lowest BCUT2D eigenvalue weighted by atomic mass is 10.1.